The van der Waals surface area contributed by atoms with Crippen molar-refractivity contribution in [3.8, 4) is 0 Å². The minimum absolute atomic E-state index is 0.328. The zero-order valence-electron chi connectivity index (χ0n) is 8.24. The van der Waals surface area contributed by atoms with Crippen LogP contribution in [0, 0.1) is 0 Å². The topological polar surface area (TPSA) is 30.2 Å². The van der Waals surface area contributed by atoms with Gasteiger partial charge in [0.2, 0.25) is 0 Å². The maximum absolute atomic E-state index is 11.7. The van der Waals surface area contributed by atoms with Crippen molar-refractivity contribution in [2.45, 2.75) is 0 Å². The van der Waals surface area contributed by atoms with Crippen molar-refractivity contribution >= 4 is 33.3 Å². The molecule has 16 heavy (non-hydrogen) atoms. The van der Waals surface area contributed by atoms with Crippen molar-refractivity contribution in [3.05, 3.63) is 57.9 Å². The minimum Gasteiger partial charge on any atom is -0.422 e. The van der Waals surface area contributed by atoms with Crippen LogP contribution in [-0.2, 0) is 0 Å². The van der Waals surface area contributed by atoms with Crippen molar-refractivity contribution in [2.75, 3.05) is 0 Å². The van der Waals surface area contributed by atoms with Crippen LogP contribution in [0.15, 0.2) is 51.7 Å². The quantitative estimate of drug-likeness (QED) is 0.436. The normalized spacial score (nSPS) is 11.1. The Morgan fingerprint density at radius 3 is 2.50 bits per heavy atom. The lowest BCUT2D eigenvalue weighted by molar-refractivity contribution is 0.569. The molecular formula is C13H7ClO2. The molecule has 0 unspecified atom stereocenters. The molecule has 0 aliphatic carbocycles. The summed E-state index contributed by atoms with van der Waals surface area (Å²) in [5.74, 6) is 0. The maximum atomic E-state index is 11.7. The van der Waals surface area contributed by atoms with E-state index in [9.17, 15) is 4.79 Å². The Bertz CT molecular complexity index is 744. The highest BCUT2D eigenvalue weighted by atomic mass is 35.5. The monoisotopic (exact) mass is 230 g/mol. The molecule has 1 heterocycles. The fourth-order valence-corrected chi connectivity index (χ4v) is 2.02. The Hall–Kier alpha value is -1.80. The molecule has 0 aliphatic heterocycles. The highest BCUT2D eigenvalue weighted by Crippen LogP contribution is 2.24. The van der Waals surface area contributed by atoms with Gasteiger partial charge in [-0.2, -0.15) is 0 Å². The Balaban J connectivity index is 2.64. The van der Waals surface area contributed by atoms with Crippen molar-refractivity contribution in [1.82, 2.24) is 0 Å². The lowest BCUT2D eigenvalue weighted by Gasteiger charge is -2.01. The molecule has 0 saturated heterocycles. The second kappa shape index (κ2) is 3.35. The number of hydrogen-bond acceptors (Lipinski definition) is 2. The van der Waals surface area contributed by atoms with Crippen molar-refractivity contribution < 1.29 is 4.42 Å². The second-order valence-corrected chi connectivity index (χ2v) is 4.01. The third-order valence-corrected chi connectivity index (χ3v) is 2.82. The van der Waals surface area contributed by atoms with Gasteiger partial charge in [-0.25, -0.2) is 4.79 Å². The van der Waals surface area contributed by atoms with Crippen LogP contribution in [0.5, 0.6) is 0 Å². The summed E-state index contributed by atoms with van der Waals surface area (Å²) in [6, 6.07) is 12.7. The van der Waals surface area contributed by atoms with Gasteiger partial charge in [0.05, 0.1) is 5.39 Å². The van der Waals surface area contributed by atoms with Gasteiger partial charge in [0.15, 0.2) is 0 Å². The SMILES string of the molecule is O=c1oc2cc(Cl)ccc2c2ccccc12. The van der Waals surface area contributed by atoms with Gasteiger partial charge >= 0.3 is 5.63 Å². The van der Waals surface area contributed by atoms with Gasteiger partial charge in [0.1, 0.15) is 5.58 Å². The Labute approximate surface area is 96.1 Å². The zero-order chi connectivity index (χ0) is 11.1. The third kappa shape index (κ3) is 1.31. The Morgan fingerprint density at radius 2 is 1.69 bits per heavy atom. The van der Waals surface area contributed by atoms with Gasteiger partial charge in [-0.1, -0.05) is 29.8 Å². The summed E-state index contributed by atoms with van der Waals surface area (Å²) in [7, 11) is 0. The molecule has 2 aromatic carbocycles. The van der Waals surface area contributed by atoms with Crippen LogP contribution >= 0.6 is 11.6 Å². The summed E-state index contributed by atoms with van der Waals surface area (Å²) in [6.45, 7) is 0. The first-order valence-electron chi connectivity index (χ1n) is 4.87. The number of rotatable bonds is 0. The van der Waals surface area contributed by atoms with Crippen molar-refractivity contribution in [3.63, 3.8) is 0 Å². The lowest BCUT2D eigenvalue weighted by Crippen LogP contribution is -1.99. The molecule has 0 N–H and O–H groups in total. The van der Waals surface area contributed by atoms with E-state index in [1.165, 1.54) is 0 Å². The molecule has 3 rings (SSSR count). The average Bonchev–Trinajstić information content (AvgIpc) is 2.29. The van der Waals surface area contributed by atoms with Crippen LogP contribution in [0.4, 0.5) is 0 Å². The van der Waals surface area contributed by atoms with E-state index in [-0.39, 0.29) is 5.63 Å². The smallest absolute Gasteiger partial charge is 0.344 e. The Kier molecular flexibility index (Phi) is 1.98. The fourth-order valence-electron chi connectivity index (χ4n) is 1.85. The number of halogens is 1. The standard InChI is InChI=1S/C13H7ClO2/c14-8-5-6-10-9-3-1-2-4-11(9)13(15)16-12(10)7-8/h1-7H. The number of hydrogen-bond donors (Lipinski definition) is 0. The van der Waals surface area contributed by atoms with E-state index in [4.69, 9.17) is 16.0 Å². The van der Waals surface area contributed by atoms with E-state index < -0.39 is 0 Å². The van der Waals surface area contributed by atoms with Crippen LogP contribution in [0.1, 0.15) is 0 Å². The predicted octanol–water partition coefficient (Wildman–Crippen LogP) is 3.60. The van der Waals surface area contributed by atoms with Gasteiger partial charge in [-0.3, -0.25) is 0 Å². The highest BCUT2D eigenvalue weighted by Gasteiger charge is 2.06. The number of benzene rings is 2. The molecule has 3 aromatic rings. The number of fused-ring (bicyclic) bond motifs is 3. The molecular weight excluding hydrogens is 224 g/mol. The van der Waals surface area contributed by atoms with Crippen LogP contribution in [0.2, 0.25) is 5.02 Å². The van der Waals surface area contributed by atoms with Gasteiger partial charge in [-0.15, -0.1) is 0 Å². The first-order chi connectivity index (χ1) is 7.75. The Morgan fingerprint density at radius 1 is 0.938 bits per heavy atom. The molecule has 1 aromatic heterocycles. The molecule has 0 atom stereocenters. The molecule has 0 fully saturated rings. The molecule has 0 bridgehead atoms. The predicted molar refractivity (Wildman–Crippen MR) is 65.0 cm³/mol. The van der Waals surface area contributed by atoms with E-state index in [0.717, 1.165) is 10.8 Å². The molecule has 0 aliphatic rings. The third-order valence-electron chi connectivity index (χ3n) is 2.58. The van der Waals surface area contributed by atoms with E-state index in [2.05, 4.69) is 0 Å². The second-order valence-electron chi connectivity index (χ2n) is 3.58. The molecule has 0 saturated carbocycles. The summed E-state index contributed by atoms with van der Waals surface area (Å²) < 4.78 is 5.22. The fraction of sp³-hybridized carbons (Fsp3) is 0. The summed E-state index contributed by atoms with van der Waals surface area (Å²) in [4.78, 5) is 11.7. The van der Waals surface area contributed by atoms with Crippen LogP contribution in [0.25, 0.3) is 21.7 Å². The largest absolute Gasteiger partial charge is 0.422 e. The van der Waals surface area contributed by atoms with Crippen LogP contribution < -0.4 is 5.63 Å². The van der Waals surface area contributed by atoms with E-state index >= 15 is 0 Å². The molecule has 78 valence electrons. The summed E-state index contributed by atoms with van der Waals surface area (Å²) in [5, 5.41) is 2.95. The van der Waals surface area contributed by atoms with E-state index in [0.29, 0.717) is 16.0 Å². The first kappa shape index (κ1) is 9.43. The lowest BCUT2D eigenvalue weighted by atomic mass is 10.1. The molecule has 0 spiro atoms. The van der Waals surface area contributed by atoms with Gasteiger partial charge in [0, 0.05) is 16.5 Å². The van der Waals surface area contributed by atoms with E-state index in [1.807, 2.05) is 24.3 Å². The molecule has 0 amide bonds. The summed E-state index contributed by atoms with van der Waals surface area (Å²) in [6.07, 6.45) is 0. The van der Waals surface area contributed by atoms with Gasteiger partial charge < -0.3 is 4.42 Å². The van der Waals surface area contributed by atoms with Crippen LogP contribution in [-0.4, -0.2) is 0 Å². The van der Waals surface area contributed by atoms with E-state index in [1.54, 1.807) is 18.2 Å². The molecule has 0 radical (unpaired) electrons. The average molecular weight is 231 g/mol. The highest BCUT2D eigenvalue weighted by molar-refractivity contribution is 6.31. The van der Waals surface area contributed by atoms with Gasteiger partial charge in [0.25, 0.3) is 0 Å². The maximum Gasteiger partial charge on any atom is 0.344 e. The summed E-state index contributed by atoms with van der Waals surface area (Å²) in [5.41, 5.74) is 0.196. The summed E-state index contributed by atoms with van der Waals surface area (Å²) >= 11 is 5.86. The van der Waals surface area contributed by atoms with Crippen molar-refractivity contribution in [2.24, 2.45) is 0 Å². The first-order valence-corrected chi connectivity index (χ1v) is 5.24. The van der Waals surface area contributed by atoms with Crippen LogP contribution in [0.3, 0.4) is 0 Å². The molecule has 3 heteroatoms. The van der Waals surface area contributed by atoms with Crippen molar-refractivity contribution in [1.29, 1.82) is 0 Å². The minimum atomic E-state index is -0.328. The van der Waals surface area contributed by atoms with Gasteiger partial charge in [-0.05, 0) is 23.6 Å². The molecule has 2 nitrogen and oxygen atoms in total. The zero-order valence-corrected chi connectivity index (χ0v) is 8.99.